The van der Waals surface area contributed by atoms with Gasteiger partial charge in [-0.15, -0.1) is 0 Å². The third kappa shape index (κ3) is 43.9. The summed E-state index contributed by atoms with van der Waals surface area (Å²) >= 11 is 0. The Morgan fingerprint density at radius 2 is 0.660 bits per heavy atom. The van der Waals surface area contributed by atoms with Gasteiger partial charge in [0.05, 0.1) is 38.6 Å². The number of ether oxygens (including phenoxy) is 6. The topological polar surface area (TPSA) is 307 Å². The van der Waals surface area contributed by atoms with Gasteiger partial charge in [0.1, 0.15) is 73.2 Å². The van der Waals surface area contributed by atoms with Crippen LogP contribution in [-0.4, -0.2) is 193 Å². The number of aliphatic hydroxyl groups is 11. The van der Waals surface area contributed by atoms with E-state index in [4.69, 9.17) is 28.4 Å². The zero-order chi connectivity index (χ0) is 76.7. The summed E-state index contributed by atoms with van der Waals surface area (Å²) in [6.45, 7) is 1.55. The fraction of sp³-hybridized carbons (Fsp3) is 0.644. The van der Waals surface area contributed by atoms with Crippen molar-refractivity contribution in [3.05, 3.63) is 182 Å². The lowest BCUT2D eigenvalue weighted by molar-refractivity contribution is -0.379. The van der Waals surface area contributed by atoms with Gasteiger partial charge in [-0.25, -0.2) is 0 Å². The Labute approximate surface area is 636 Å². The highest BCUT2D eigenvalue weighted by molar-refractivity contribution is 5.76. The molecule has 12 N–H and O–H groups in total. The normalized spacial score (nSPS) is 26.7. The van der Waals surface area contributed by atoms with Gasteiger partial charge in [0.2, 0.25) is 5.91 Å². The van der Waals surface area contributed by atoms with E-state index >= 15 is 0 Å². The maximum Gasteiger partial charge on any atom is 0.220 e. The first-order valence-corrected chi connectivity index (χ1v) is 40.0. The van der Waals surface area contributed by atoms with E-state index in [1.807, 2.05) is 6.08 Å². The van der Waals surface area contributed by atoms with E-state index in [-0.39, 0.29) is 12.3 Å². The average Bonchev–Trinajstić information content (AvgIpc) is 0.780. The second-order valence-corrected chi connectivity index (χ2v) is 27.4. The molecule has 3 aliphatic heterocycles. The maximum atomic E-state index is 13.5. The van der Waals surface area contributed by atoms with Gasteiger partial charge in [-0.3, -0.25) is 4.79 Å². The van der Waals surface area contributed by atoms with Crippen LogP contribution >= 0.6 is 0 Å². The Morgan fingerprint density at radius 1 is 0.349 bits per heavy atom. The van der Waals surface area contributed by atoms with Crippen LogP contribution in [0.3, 0.4) is 0 Å². The van der Waals surface area contributed by atoms with Crippen molar-refractivity contribution < 1.29 is 89.4 Å². The van der Waals surface area contributed by atoms with Crippen LogP contribution in [0, 0.1) is 0 Å². The molecule has 1 amide bonds. The molecule has 3 rings (SSSR count). The summed E-state index contributed by atoms with van der Waals surface area (Å²) in [4.78, 5) is 13.5. The Morgan fingerprint density at radius 3 is 1.06 bits per heavy atom. The molecule has 19 nitrogen and oxygen atoms in total. The summed E-state index contributed by atoms with van der Waals surface area (Å²) in [6.07, 6.45) is 71.6. The van der Waals surface area contributed by atoms with Gasteiger partial charge in [0, 0.05) is 6.42 Å². The molecule has 3 aliphatic rings. The lowest BCUT2D eigenvalue weighted by Crippen LogP contribution is -2.66. The molecule has 0 aliphatic carbocycles. The van der Waals surface area contributed by atoms with Gasteiger partial charge >= 0.3 is 0 Å². The first-order chi connectivity index (χ1) is 51.8. The molecule has 0 radical (unpaired) electrons. The molecule has 0 bridgehead atoms. The van der Waals surface area contributed by atoms with Crippen molar-refractivity contribution >= 4 is 5.91 Å². The molecular weight excluding hydrogens is 1350 g/mol. The van der Waals surface area contributed by atoms with Crippen molar-refractivity contribution in [1.29, 1.82) is 0 Å². The highest BCUT2D eigenvalue weighted by atomic mass is 16.8. The SMILES string of the molecule is CC/C=C\C/C=C\C/C=C\C/C=C\C/C=C\C/C=C\C/C=C\C/C=C\C/C=C\C/C=C\C/C=C\C/C=C\CCCCCCC(=O)NC(COC1OC(CO)C(OC2OC(CO)C(OC3OC(CO)C(O)C(O)C3O)C(O)C2O)C(O)C1O)C(O)/C=C/CC/C=C/CC/C=C/CCCCCCCCCCCC. The fourth-order valence-corrected chi connectivity index (χ4v) is 12.0. The third-order valence-corrected chi connectivity index (χ3v) is 18.4. The minimum Gasteiger partial charge on any atom is -0.394 e. The number of hydrogen-bond acceptors (Lipinski definition) is 18. The standard InChI is InChI=1S/C87H139NO18/c1-3-5-7-9-11-13-15-17-19-21-23-25-26-27-28-29-30-31-32-33-34-35-36-37-38-39-40-41-42-43-44-45-47-49-51-53-55-57-59-61-63-65-75(93)88-70(71(92)64-62-60-58-56-54-52-50-48-46-24-22-20-18-16-14-12-10-8-6-4-2)69-101-85-81(99)78(96)83(73(67-90)103-85)106-87-82(100)79(97)84(74(68-91)104-87)105-86-80(98)77(95)76(94)72(66-89)102-86/h5,7,11,13,17,19,23,25,27-28,30-31,33-34,36-37,39-40,42-43,45-48,51,53-54,56,62,64,70-74,76-87,89-92,94-100H,3-4,6,8-10,12,14-16,18,20-22,24,26,29,32,35,38,41,44,49-50,52,55,57-61,63,65-69H2,1-2H3,(H,88,93)/b7-5-,13-11-,19-17-,25-23-,28-27-,31-30-,34-33-,37-36-,40-39-,43-42-,47-45-,48-46+,53-51-,56-54+,64-62+. The monoisotopic (exact) mass is 1490 g/mol. The zero-order valence-corrected chi connectivity index (χ0v) is 64.1. The van der Waals surface area contributed by atoms with E-state index < -0.39 is 131 Å². The van der Waals surface area contributed by atoms with E-state index in [2.05, 4.69) is 189 Å². The van der Waals surface area contributed by atoms with Crippen molar-refractivity contribution in [3.63, 3.8) is 0 Å². The lowest BCUT2D eigenvalue weighted by atomic mass is 9.96. The molecule has 106 heavy (non-hydrogen) atoms. The predicted molar refractivity (Wildman–Crippen MR) is 424 cm³/mol. The van der Waals surface area contributed by atoms with Crippen molar-refractivity contribution in [3.8, 4) is 0 Å². The highest BCUT2D eigenvalue weighted by Crippen LogP contribution is 2.33. The van der Waals surface area contributed by atoms with E-state index in [1.165, 1.54) is 64.2 Å². The molecule has 0 saturated carbocycles. The van der Waals surface area contributed by atoms with Gasteiger partial charge in [-0.2, -0.15) is 0 Å². The van der Waals surface area contributed by atoms with Crippen LogP contribution in [0.5, 0.6) is 0 Å². The van der Waals surface area contributed by atoms with E-state index in [1.54, 1.807) is 6.08 Å². The number of allylic oxidation sites excluding steroid dienone is 29. The first-order valence-electron chi connectivity index (χ1n) is 40.0. The predicted octanol–water partition coefficient (Wildman–Crippen LogP) is 13.6. The molecule has 3 saturated heterocycles. The fourth-order valence-electron chi connectivity index (χ4n) is 12.0. The van der Waals surface area contributed by atoms with Crippen molar-refractivity contribution in [2.75, 3.05) is 26.4 Å². The van der Waals surface area contributed by atoms with Crippen LogP contribution in [0.25, 0.3) is 0 Å². The van der Waals surface area contributed by atoms with Crippen LogP contribution in [0.2, 0.25) is 0 Å². The summed E-state index contributed by atoms with van der Waals surface area (Å²) in [6, 6.07) is -1.03. The van der Waals surface area contributed by atoms with Gasteiger partial charge in [0.25, 0.3) is 0 Å². The van der Waals surface area contributed by atoms with Crippen molar-refractivity contribution in [1.82, 2.24) is 5.32 Å². The minimum absolute atomic E-state index is 0.190. The molecule has 3 fully saturated rings. The summed E-state index contributed by atoms with van der Waals surface area (Å²) in [5, 5.41) is 121. The van der Waals surface area contributed by atoms with Gasteiger partial charge < -0.3 is 89.9 Å². The summed E-state index contributed by atoms with van der Waals surface area (Å²) in [5.41, 5.74) is 0. The number of carbonyl (C=O) groups is 1. The molecular formula is C87H139NO18. The van der Waals surface area contributed by atoms with Crippen LogP contribution in [0.15, 0.2) is 182 Å². The Kier molecular flexibility index (Phi) is 58.0. The Balaban J connectivity index is 1.38. The number of unbranched alkanes of at least 4 members (excludes halogenated alkanes) is 16. The number of amides is 1. The molecule has 600 valence electrons. The molecule has 3 heterocycles. The zero-order valence-electron chi connectivity index (χ0n) is 64.1. The highest BCUT2D eigenvalue weighted by Gasteiger charge is 2.53. The van der Waals surface area contributed by atoms with Crippen LogP contribution in [0.4, 0.5) is 0 Å². The quantitative estimate of drug-likeness (QED) is 0.0199. The third-order valence-electron chi connectivity index (χ3n) is 18.4. The second kappa shape index (κ2) is 64.7. The van der Waals surface area contributed by atoms with Gasteiger partial charge in [-0.1, -0.05) is 267 Å². The van der Waals surface area contributed by atoms with Crippen molar-refractivity contribution in [2.45, 2.75) is 330 Å². The van der Waals surface area contributed by atoms with Crippen LogP contribution < -0.4 is 5.32 Å². The molecule has 0 aromatic heterocycles. The molecule has 17 unspecified atom stereocenters. The molecule has 0 spiro atoms. The minimum atomic E-state index is -2.00. The number of aliphatic hydroxyl groups excluding tert-OH is 11. The van der Waals surface area contributed by atoms with Crippen LogP contribution in [0.1, 0.15) is 226 Å². The molecule has 19 heteroatoms. The number of nitrogens with one attached hydrogen (secondary N) is 1. The van der Waals surface area contributed by atoms with Crippen LogP contribution in [-0.2, 0) is 33.2 Å². The number of hydrogen-bond donors (Lipinski definition) is 12. The van der Waals surface area contributed by atoms with Crippen molar-refractivity contribution in [2.24, 2.45) is 0 Å². The summed E-state index contributed by atoms with van der Waals surface area (Å²) < 4.78 is 34.4. The summed E-state index contributed by atoms with van der Waals surface area (Å²) in [7, 11) is 0. The lowest BCUT2D eigenvalue weighted by Gasteiger charge is -2.48. The number of carbonyl (C=O) groups excluding carboxylic acids is 1. The molecule has 0 aromatic carbocycles. The van der Waals surface area contributed by atoms with Gasteiger partial charge in [0.15, 0.2) is 18.9 Å². The molecule has 17 atom stereocenters. The van der Waals surface area contributed by atoms with E-state index in [9.17, 15) is 61.0 Å². The largest absolute Gasteiger partial charge is 0.394 e. The second-order valence-electron chi connectivity index (χ2n) is 27.4. The molecule has 0 aromatic rings. The number of rotatable bonds is 60. The summed E-state index contributed by atoms with van der Waals surface area (Å²) in [5.74, 6) is -0.321. The van der Waals surface area contributed by atoms with Gasteiger partial charge in [-0.05, 0) is 135 Å². The Bertz CT molecular complexity index is 2630. The first kappa shape index (κ1) is 95.1. The average molecular weight is 1490 g/mol. The van der Waals surface area contributed by atoms with E-state index in [0.717, 1.165) is 128 Å². The Hall–Kier alpha value is -5.11. The van der Waals surface area contributed by atoms with E-state index in [0.29, 0.717) is 12.8 Å². The maximum absolute atomic E-state index is 13.5. The smallest absolute Gasteiger partial charge is 0.220 e.